The van der Waals surface area contributed by atoms with Gasteiger partial charge in [-0.3, -0.25) is 4.79 Å². The van der Waals surface area contributed by atoms with Gasteiger partial charge in [0.05, 0.1) is 29.6 Å². The molecule has 0 atom stereocenters. The van der Waals surface area contributed by atoms with Crippen LogP contribution in [0.5, 0.6) is 5.75 Å². The first-order valence-corrected chi connectivity index (χ1v) is 10.4. The number of nitrogens with zero attached hydrogens (tertiary/aromatic N) is 3. The Balaban J connectivity index is 1.77. The van der Waals surface area contributed by atoms with Crippen molar-refractivity contribution in [3.8, 4) is 11.4 Å². The molecule has 2 aromatic carbocycles. The second-order valence-corrected chi connectivity index (χ2v) is 8.68. The number of rotatable bonds is 7. The first kappa shape index (κ1) is 21.3. The Hall–Kier alpha value is -3.43. The van der Waals surface area contributed by atoms with Crippen molar-refractivity contribution >= 4 is 27.7 Å². The van der Waals surface area contributed by atoms with Crippen LogP contribution in [0.1, 0.15) is 5.56 Å². The standard InChI is InChI=1S/C21H22N4O4S/c1-24(2)30(27,28)18-10-11-20(29-3)19(13-18)23-21(26)12-9-16-14-22-25(15-16)17-7-5-4-6-8-17/h4-15H,1-3H3,(H,23,26)/b12-9+. The van der Waals surface area contributed by atoms with Crippen molar-refractivity contribution in [2.45, 2.75) is 4.90 Å². The zero-order valence-corrected chi connectivity index (χ0v) is 17.6. The van der Waals surface area contributed by atoms with Gasteiger partial charge >= 0.3 is 0 Å². The highest BCUT2D eigenvalue weighted by molar-refractivity contribution is 7.89. The third-order valence-corrected chi connectivity index (χ3v) is 6.07. The molecule has 1 N–H and O–H groups in total. The molecule has 0 aliphatic rings. The molecule has 0 aliphatic carbocycles. The van der Waals surface area contributed by atoms with Gasteiger partial charge in [0.1, 0.15) is 5.75 Å². The predicted molar refractivity (Wildman–Crippen MR) is 115 cm³/mol. The summed E-state index contributed by atoms with van der Waals surface area (Å²) in [4.78, 5) is 12.4. The van der Waals surface area contributed by atoms with E-state index in [-0.39, 0.29) is 10.6 Å². The molecule has 3 rings (SSSR count). The Morgan fingerprint density at radius 2 is 1.90 bits per heavy atom. The van der Waals surface area contributed by atoms with E-state index in [2.05, 4.69) is 10.4 Å². The van der Waals surface area contributed by atoms with Crippen LogP contribution in [-0.2, 0) is 14.8 Å². The Kier molecular flexibility index (Phi) is 6.34. The van der Waals surface area contributed by atoms with Crippen LogP contribution >= 0.6 is 0 Å². The minimum Gasteiger partial charge on any atom is -0.495 e. The summed E-state index contributed by atoms with van der Waals surface area (Å²) < 4.78 is 32.7. The number of benzene rings is 2. The molecule has 0 saturated carbocycles. The molecule has 1 amide bonds. The minimum atomic E-state index is -3.64. The monoisotopic (exact) mass is 426 g/mol. The number of nitrogens with one attached hydrogen (secondary N) is 1. The lowest BCUT2D eigenvalue weighted by atomic mass is 10.2. The van der Waals surface area contributed by atoms with Crippen molar-refractivity contribution in [2.24, 2.45) is 0 Å². The van der Waals surface area contributed by atoms with Gasteiger partial charge in [-0.25, -0.2) is 17.4 Å². The lowest BCUT2D eigenvalue weighted by Crippen LogP contribution is -2.22. The normalized spacial score (nSPS) is 11.7. The van der Waals surface area contributed by atoms with E-state index in [9.17, 15) is 13.2 Å². The average molecular weight is 426 g/mol. The molecule has 156 valence electrons. The molecule has 0 fully saturated rings. The number of hydrogen-bond donors (Lipinski definition) is 1. The zero-order chi connectivity index (χ0) is 21.7. The van der Waals surface area contributed by atoms with E-state index < -0.39 is 15.9 Å². The van der Waals surface area contributed by atoms with Crippen molar-refractivity contribution in [2.75, 3.05) is 26.5 Å². The summed E-state index contributed by atoms with van der Waals surface area (Å²) in [7, 11) is 0.683. The number of hydrogen-bond acceptors (Lipinski definition) is 5. The van der Waals surface area contributed by atoms with Crippen LogP contribution < -0.4 is 10.1 Å². The van der Waals surface area contributed by atoms with Gasteiger partial charge in [-0.05, 0) is 36.4 Å². The molecule has 3 aromatic rings. The van der Waals surface area contributed by atoms with E-state index in [0.29, 0.717) is 5.75 Å². The molecule has 0 saturated heterocycles. The number of anilines is 1. The Morgan fingerprint density at radius 3 is 2.57 bits per heavy atom. The fraction of sp³-hybridized carbons (Fsp3) is 0.143. The van der Waals surface area contributed by atoms with Crippen molar-refractivity contribution < 1.29 is 17.9 Å². The summed E-state index contributed by atoms with van der Waals surface area (Å²) in [6, 6.07) is 13.9. The topological polar surface area (TPSA) is 93.5 Å². The second kappa shape index (κ2) is 8.93. The lowest BCUT2D eigenvalue weighted by Gasteiger charge is -2.14. The molecule has 0 spiro atoms. The van der Waals surface area contributed by atoms with E-state index in [4.69, 9.17) is 4.74 Å². The first-order chi connectivity index (χ1) is 14.3. The van der Waals surface area contributed by atoms with Crippen LogP contribution in [0.4, 0.5) is 5.69 Å². The third kappa shape index (κ3) is 4.76. The molecular weight excluding hydrogens is 404 g/mol. The number of para-hydroxylation sites is 1. The highest BCUT2D eigenvalue weighted by Gasteiger charge is 2.19. The van der Waals surface area contributed by atoms with E-state index in [1.807, 2.05) is 30.3 Å². The smallest absolute Gasteiger partial charge is 0.248 e. The fourth-order valence-corrected chi connectivity index (χ4v) is 3.58. The van der Waals surface area contributed by atoms with Crippen LogP contribution in [-0.4, -0.2) is 49.6 Å². The molecule has 8 nitrogen and oxygen atoms in total. The van der Waals surface area contributed by atoms with Crippen LogP contribution in [0.15, 0.2) is 71.9 Å². The van der Waals surface area contributed by atoms with Gasteiger partial charge in [-0.15, -0.1) is 0 Å². The number of carbonyl (C=O) groups is 1. The molecule has 0 aliphatic heterocycles. The maximum absolute atomic E-state index is 12.4. The van der Waals surface area contributed by atoms with Crippen molar-refractivity contribution in [1.82, 2.24) is 14.1 Å². The van der Waals surface area contributed by atoms with Crippen LogP contribution in [0.25, 0.3) is 11.8 Å². The predicted octanol–water partition coefficient (Wildman–Crippen LogP) is 2.78. The number of amides is 1. The second-order valence-electron chi connectivity index (χ2n) is 6.53. The first-order valence-electron chi connectivity index (χ1n) is 9.01. The molecule has 30 heavy (non-hydrogen) atoms. The number of ether oxygens (including phenoxy) is 1. The van der Waals surface area contributed by atoms with Crippen LogP contribution in [0, 0.1) is 0 Å². The van der Waals surface area contributed by atoms with Gasteiger partial charge in [0.2, 0.25) is 15.9 Å². The summed E-state index contributed by atoms with van der Waals surface area (Å²) in [6.45, 7) is 0. The highest BCUT2D eigenvalue weighted by atomic mass is 32.2. The molecule has 1 aromatic heterocycles. The lowest BCUT2D eigenvalue weighted by molar-refractivity contribution is -0.111. The fourth-order valence-electron chi connectivity index (χ4n) is 2.65. The van der Waals surface area contributed by atoms with Gasteiger partial charge in [-0.1, -0.05) is 18.2 Å². The molecule has 0 bridgehead atoms. The number of sulfonamides is 1. The number of aromatic nitrogens is 2. The average Bonchev–Trinajstić information content (AvgIpc) is 3.22. The molecular formula is C21H22N4O4S. The largest absolute Gasteiger partial charge is 0.495 e. The minimum absolute atomic E-state index is 0.0525. The van der Waals surface area contributed by atoms with Crippen molar-refractivity contribution in [1.29, 1.82) is 0 Å². The van der Waals surface area contributed by atoms with Gasteiger partial charge in [0.15, 0.2) is 0 Å². The van der Waals surface area contributed by atoms with Crippen molar-refractivity contribution in [3.05, 3.63) is 72.6 Å². The van der Waals surface area contributed by atoms with E-state index in [0.717, 1.165) is 15.6 Å². The quantitative estimate of drug-likeness (QED) is 0.587. The summed E-state index contributed by atoms with van der Waals surface area (Å²) in [5.74, 6) is -0.0773. The van der Waals surface area contributed by atoms with Gasteiger partial charge in [0.25, 0.3) is 0 Å². The maximum Gasteiger partial charge on any atom is 0.248 e. The number of methoxy groups -OCH3 is 1. The SMILES string of the molecule is COc1ccc(S(=O)(=O)N(C)C)cc1NC(=O)/C=C/c1cnn(-c2ccccc2)c1. The third-order valence-electron chi connectivity index (χ3n) is 4.26. The Labute approximate surface area is 175 Å². The summed E-state index contributed by atoms with van der Waals surface area (Å²) >= 11 is 0. The van der Waals surface area contributed by atoms with Crippen molar-refractivity contribution in [3.63, 3.8) is 0 Å². The van der Waals surface area contributed by atoms with Gasteiger partial charge < -0.3 is 10.1 Å². The van der Waals surface area contributed by atoms with E-state index >= 15 is 0 Å². The van der Waals surface area contributed by atoms with E-state index in [1.165, 1.54) is 45.5 Å². The maximum atomic E-state index is 12.4. The van der Waals surface area contributed by atoms with Crippen LogP contribution in [0.2, 0.25) is 0 Å². The zero-order valence-electron chi connectivity index (χ0n) is 16.8. The summed E-state index contributed by atoms with van der Waals surface area (Å²) in [6.07, 6.45) is 6.40. The number of carbonyl (C=O) groups excluding carboxylic acids is 1. The molecule has 0 radical (unpaired) electrons. The van der Waals surface area contributed by atoms with E-state index in [1.54, 1.807) is 23.2 Å². The summed E-state index contributed by atoms with van der Waals surface area (Å²) in [5, 5.41) is 6.93. The Morgan fingerprint density at radius 1 is 1.17 bits per heavy atom. The summed E-state index contributed by atoms with van der Waals surface area (Å²) in [5.41, 5.74) is 1.91. The Bertz CT molecular complexity index is 1170. The van der Waals surface area contributed by atoms with Gasteiger partial charge in [0, 0.05) is 31.9 Å². The van der Waals surface area contributed by atoms with Crippen LogP contribution in [0.3, 0.4) is 0 Å². The molecule has 9 heteroatoms. The molecule has 1 heterocycles. The highest BCUT2D eigenvalue weighted by Crippen LogP contribution is 2.28. The molecule has 0 unspecified atom stereocenters. The van der Waals surface area contributed by atoms with Gasteiger partial charge in [-0.2, -0.15) is 5.10 Å².